The molecule has 1 aliphatic carbocycles. The van der Waals surface area contributed by atoms with E-state index in [9.17, 15) is 4.79 Å². The number of ether oxygens (including phenoxy) is 1. The Balaban J connectivity index is 1.64. The Morgan fingerprint density at radius 1 is 1.22 bits per heavy atom. The van der Waals surface area contributed by atoms with Gasteiger partial charge in [-0.25, -0.2) is 0 Å². The molecule has 0 radical (unpaired) electrons. The number of rotatable bonds is 7. The summed E-state index contributed by atoms with van der Waals surface area (Å²) < 4.78 is 5.44. The first-order chi connectivity index (χ1) is 11.3. The molecule has 1 heterocycles. The third-order valence-corrected chi connectivity index (χ3v) is 3.97. The third kappa shape index (κ3) is 4.31. The van der Waals surface area contributed by atoms with Crippen molar-refractivity contribution in [2.24, 2.45) is 0 Å². The van der Waals surface area contributed by atoms with Crippen LogP contribution in [0, 0.1) is 0 Å². The largest absolute Gasteiger partial charge is 0.494 e. The predicted octanol–water partition coefficient (Wildman–Crippen LogP) is 3.21. The fourth-order valence-corrected chi connectivity index (χ4v) is 2.64. The van der Waals surface area contributed by atoms with Crippen LogP contribution in [0.25, 0.3) is 0 Å². The summed E-state index contributed by atoms with van der Waals surface area (Å²) in [5.41, 5.74) is 2.11. The van der Waals surface area contributed by atoms with E-state index in [1.165, 1.54) is 0 Å². The quantitative estimate of drug-likeness (QED) is 0.788. The number of benzene rings is 1. The van der Waals surface area contributed by atoms with Crippen LogP contribution in [-0.2, 0) is 17.8 Å². The zero-order chi connectivity index (χ0) is 16.1. The molecule has 1 aromatic carbocycles. The Hall–Kier alpha value is -2.36. The van der Waals surface area contributed by atoms with Crippen molar-refractivity contribution in [1.82, 2.24) is 9.88 Å². The maximum absolute atomic E-state index is 12.7. The van der Waals surface area contributed by atoms with Crippen molar-refractivity contribution in [2.45, 2.75) is 38.8 Å². The Labute approximate surface area is 137 Å². The van der Waals surface area contributed by atoms with Gasteiger partial charge in [-0.1, -0.05) is 18.2 Å². The van der Waals surface area contributed by atoms with Gasteiger partial charge in [0.25, 0.3) is 0 Å². The summed E-state index contributed by atoms with van der Waals surface area (Å²) in [7, 11) is 0. The fraction of sp³-hybridized carbons (Fsp3) is 0.368. The van der Waals surface area contributed by atoms with Crippen LogP contribution in [0.2, 0.25) is 0 Å². The lowest BCUT2D eigenvalue weighted by Crippen LogP contribution is -2.33. The van der Waals surface area contributed by atoms with Gasteiger partial charge < -0.3 is 9.64 Å². The molecule has 120 valence electrons. The van der Waals surface area contributed by atoms with Gasteiger partial charge in [0.2, 0.25) is 5.91 Å². The van der Waals surface area contributed by atoms with E-state index in [-0.39, 0.29) is 5.91 Å². The monoisotopic (exact) mass is 310 g/mol. The Kier molecular flexibility index (Phi) is 4.91. The van der Waals surface area contributed by atoms with Gasteiger partial charge in [0, 0.05) is 25.0 Å². The lowest BCUT2D eigenvalue weighted by atomic mass is 10.1. The van der Waals surface area contributed by atoms with E-state index in [1.54, 1.807) is 6.20 Å². The number of carbonyl (C=O) groups is 1. The molecule has 4 nitrogen and oxygen atoms in total. The van der Waals surface area contributed by atoms with Crippen LogP contribution in [0.1, 0.15) is 30.9 Å². The molecule has 3 rings (SSSR count). The van der Waals surface area contributed by atoms with E-state index >= 15 is 0 Å². The molecule has 1 amide bonds. The predicted molar refractivity (Wildman–Crippen MR) is 89.1 cm³/mol. The summed E-state index contributed by atoms with van der Waals surface area (Å²) in [6, 6.07) is 12.1. The molecule has 1 aromatic heterocycles. The number of nitrogens with zero attached hydrogens (tertiary/aromatic N) is 2. The van der Waals surface area contributed by atoms with Crippen LogP contribution in [0.4, 0.5) is 0 Å². The van der Waals surface area contributed by atoms with E-state index in [2.05, 4.69) is 4.98 Å². The third-order valence-electron chi connectivity index (χ3n) is 3.97. The molecular formula is C19H22N2O2. The zero-order valence-corrected chi connectivity index (χ0v) is 13.4. The van der Waals surface area contributed by atoms with Crippen LogP contribution in [-0.4, -0.2) is 28.4 Å². The van der Waals surface area contributed by atoms with E-state index < -0.39 is 0 Å². The second-order valence-electron chi connectivity index (χ2n) is 5.87. The minimum atomic E-state index is 0.181. The Morgan fingerprint density at radius 2 is 2.00 bits per heavy atom. The molecule has 0 spiro atoms. The minimum absolute atomic E-state index is 0.181. The first kappa shape index (κ1) is 15.5. The second kappa shape index (κ2) is 7.27. The molecule has 0 N–H and O–H groups in total. The highest BCUT2D eigenvalue weighted by Gasteiger charge is 2.32. The first-order valence-corrected chi connectivity index (χ1v) is 8.16. The standard InChI is InChI=1S/C19H22N2O2/c1-2-23-18-9-5-15(6-10-18)12-19(22)21(17-7-8-17)14-16-4-3-11-20-13-16/h3-6,9-11,13,17H,2,7-8,12,14H2,1H3. The molecule has 23 heavy (non-hydrogen) atoms. The van der Waals surface area contributed by atoms with Crippen molar-refractivity contribution < 1.29 is 9.53 Å². The average molecular weight is 310 g/mol. The molecule has 1 aliphatic rings. The van der Waals surface area contributed by atoms with Crippen molar-refractivity contribution in [3.63, 3.8) is 0 Å². The zero-order valence-electron chi connectivity index (χ0n) is 13.4. The van der Waals surface area contributed by atoms with Crippen LogP contribution < -0.4 is 4.74 Å². The summed E-state index contributed by atoms with van der Waals surface area (Å²) in [5.74, 6) is 1.03. The SMILES string of the molecule is CCOc1ccc(CC(=O)N(Cc2cccnc2)C2CC2)cc1. The van der Waals surface area contributed by atoms with Crippen LogP contribution in [0.15, 0.2) is 48.8 Å². The van der Waals surface area contributed by atoms with Crippen molar-refractivity contribution in [2.75, 3.05) is 6.61 Å². The molecule has 0 atom stereocenters. The molecule has 0 unspecified atom stereocenters. The van der Waals surface area contributed by atoms with Crippen molar-refractivity contribution >= 4 is 5.91 Å². The van der Waals surface area contributed by atoms with Crippen molar-refractivity contribution in [3.8, 4) is 5.75 Å². The van der Waals surface area contributed by atoms with Gasteiger partial charge in [-0.2, -0.15) is 0 Å². The van der Waals surface area contributed by atoms with E-state index in [0.717, 1.165) is 29.7 Å². The van der Waals surface area contributed by atoms with Gasteiger partial charge >= 0.3 is 0 Å². The molecule has 2 aromatic rings. The number of aromatic nitrogens is 1. The average Bonchev–Trinajstić information content (AvgIpc) is 3.40. The smallest absolute Gasteiger partial charge is 0.227 e. The highest BCUT2D eigenvalue weighted by atomic mass is 16.5. The number of amides is 1. The highest BCUT2D eigenvalue weighted by Crippen LogP contribution is 2.29. The van der Waals surface area contributed by atoms with Crippen LogP contribution >= 0.6 is 0 Å². The summed E-state index contributed by atoms with van der Waals surface area (Å²) in [6.45, 7) is 3.26. The summed E-state index contributed by atoms with van der Waals surface area (Å²) in [5, 5.41) is 0. The minimum Gasteiger partial charge on any atom is -0.494 e. The highest BCUT2D eigenvalue weighted by molar-refractivity contribution is 5.79. The second-order valence-corrected chi connectivity index (χ2v) is 5.87. The van der Waals surface area contributed by atoms with E-state index in [0.29, 0.717) is 25.6 Å². The number of hydrogen-bond donors (Lipinski definition) is 0. The van der Waals surface area contributed by atoms with Gasteiger partial charge in [-0.3, -0.25) is 9.78 Å². The van der Waals surface area contributed by atoms with Gasteiger partial charge in [0.1, 0.15) is 5.75 Å². The van der Waals surface area contributed by atoms with Gasteiger partial charge in [0.05, 0.1) is 13.0 Å². The molecular weight excluding hydrogens is 288 g/mol. The molecule has 0 aliphatic heterocycles. The lowest BCUT2D eigenvalue weighted by molar-refractivity contribution is -0.131. The van der Waals surface area contributed by atoms with E-state index in [1.807, 2.05) is 54.4 Å². The summed E-state index contributed by atoms with van der Waals surface area (Å²) in [4.78, 5) is 18.8. The van der Waals surface area contributed by atoms with E-state index in [4.69, 9.17) is 4.74 Å². The van der Waals surface area contributed by atoms with Crippen molar-refractivity contribution in [1.29, 1.82) is 0 Å². The molecule has 0 saturated heterocycles. The summed E-state index contributed by atoms with van der Waals surface area (Å²) in [6.07, 6.45) is 6.24. The molecule has 1 fully saturated rings. The lowest BCUT2D eigenvalue weighted by Gasteiger charge is -2.22. The van der Waals surface area contributed by atoms with Gasteiger partial charge in [0.15, 0.2) is 0 Å². The maximum Gasteiger partial charge on any atom is 0.227 e. The molecule has 4 heteroatoms. The van der Waals surface area contributed by atoms with Crippen LogP contribution in [0.3, 0.4) is 0 Å². The Bertz CT molecular complexity index is 636. The van der Waals surface area contributed by atoms with Gasteiger partial charge in [-0.05, 0) is 49.1 Å². The maximum atomic E-state index is 12.7. The first-order valence-electron chi connectivity index (χ1n) is 8.16. The summed E-state index contributed by atoms with van der Waals surface area (Å²) >= 11 is 0. The Morgan fingerprint density at radius 3 is 2.61 bits per heavy atom. The van der Waals surface area contributed by atoms with Crippen molar-refractivity contribution in [3.05, 3.63) is 59.9 Å². The molecule has 1 saturated carbocycles. The molecule has 0 bridgehead atoms. The normalized spacial score (nSPS) is 13.6. The number of pyridine rings is 1. The van der Waals surface area contributed by atoms with Crippen LogP contribution in [0.5, 0.6) is 5.75 Å². The fourth-order valence-electron chi connectivity index (χ4n) is 2.64. The number of hydrogen-bond acceptors (Lipinski definition) is 3. The number of carbonyl (C=O) groups excluding carboxylic acids is 1. The van der Waals surface area contributed by atoms with Gasteiger partial charge in [-0.15, -0.1) is 0 Å². The topological polar surface area (TPSA) is 42.4 Å².